The molecule has 0 heterocycles. The zero-order valence-electron chi connectivity index (χ0n) is 11.0. The molecule has 0 aliphatic heterocycles. The number of fused-ring (bicyclic) bond motifs is 1. The van der Waals surface area contributed by atoms with E-state index < -0.39 is 23.6 Å². The number of benzene rings is 2. The predicted octanol–water partition coefficient (Wildman–Crippen LogP) is 2.13. The van der Waals surface area contributed by atoms with Crippen LogP contribution >= 0.6 is 12.6 Å². The molecule has 0 saturated carbocycles. The van der Waals surface area contributed by atoms with Crippen LogP contribution in [0.3, 0.4) is 0 Å². The summed E-state index contributed by atoms with van der Waals surface area (Å²) in [5.41, 5.74) is -0.0242. The molecular formula is C15H14FNO3S. The van der Waals surface area contributed by atoms with Crippen molar-refractivity contribution < 1.29 is 19.1 Å². The summed E-state index contributed by atoms with van der Waals surface area (Å²) < 4.78 is 14.0. The molecule has 2 aromatic rings. The minimum atomic E-state index is -1.10. The van der Waals surface area contributed by atoms with Gasteiger partial charge in [0.25, 0.3) is 0 Å². The molecule has 2 rings (SSSR count). The molecule has 0 amide bonds. The Morgan fingerprint density at radius 2 is 1.95 bits per heavy atom. The Labute approximate surface area is 126 Å². The average Bonchev–Trinajstić information content (AvgIpc) is 2.47. The average molecular weight is 307 g/mol. The lowest BCUT2D eigenvalue weighted by atomic mass is 10.0. The number of nitrogens with one attached hydrogen (secondary N) is 1. The first-order chi connectivity index (χ1) is 10.0. The number of halogens is 1. The molecule has 21 heavy (non-hydrogen) atoms. The molecule has 4 nitrogen and oxygen atoms in total. The summed E-state index contributed by atoms with van der Waals surface area (Å²) in [7, 11) is 0. The van der Waals surface area contributed by atoms with Gasteiger partial charge in [0.2, 0.25) is 0 Å². The number of Topliss-reactive ketones (excluding diaryl/α,β-unsaturated/α-hetero) is 1. The number of carbonyl (C=O) groups excluding carboxylic acids is 1. The first kappa shape index (κ1) is 15.5. The lowest BCUT2D eigenvalue weighted by Crippen LogP contribution is -2.41. The second-order valence-electron chi connectivity index (χ2n) is 4.52. The van der Waals surface area contributed by atoms with Crippen LogP contribution in [0, 0.1) is 5.82 Å². The second-order valence-corrected chi connectivity index (χ2v) is 4.89. The molecule has 0 aliphatic carbocycles. The van der Waals surface area contributed by atoms with Crippen molar-refractivity contribution in [3.63, 3.8) is 0 Å². The van der Waals surface area contributed by atoms with Crippen LogP contribution in [-0.4, -0.2) is 35.2 Å². The van der Waals surface area contributed by atoms with Crippen molar-refractivity contribution in [2.45, 2.75) is 6.04 Å². The van der Waals surface area contributed by atoms with E-state index in [1.54, 1.807) is 30.3 Å². The summed E-state index contributed by atoms with van der Waals surface area (Å²) in [6.45, 7) is -0.261. The molecule has 2 aromatic carbocycles. The van der Waals surface area contributed by atoms with Crippen molar-refractivity contribution in [1.29, 1.82) is 0 Å². The quantitative estimate of drug-likeness (QED) is 0.565. The lowest BCUT2D eigenvalue weighted by molar-refractivity contribution is -0.138. The molecule has 0 bridgehead atoms. The zero-order chi connectivity index (χ0) is 15.4. The van der Waals surface area contributed by atoms with E-state index in [1.165, 1.54) is 6.07 Å². The number of hydrogen-bond acceptors (Lipinski definition) is 4. The Bertz CT molecular complexity index is 690. The number of rotatable bonds is 6. The molecule has 0 aliphatic rings. The topological polar surface area (TPSA) is 66.4 Å². The summed E-state index contributed by atoms with van der Waals surface area (Å²) in [5.74, 6) is -2.16. The van der Waals surface area contributed by atoms with Crippen LogP contribution in [0.5, 0.6) is 0 Å². The van der Waals surface area contributed by atoms with Crippen molar-refractivity contribution in [1.82, 2.24) is 5.32 Å². The summed E-state index contributed by atoms with van der Waals surface area (Å²) in [4.78, 5) is 23.1. The third-order valence-corrected chi connectivity index (χ3v) is 3.51. The smallest absolute Gasteiger partial charge is 0.321 e. The van der Waals surface area contributed by atoms with Gasteiger partial charge >= 0.3 is 5.97 Å². The van der Waals surface area contributed by atoms with Crippen LogP contribution in [0.2, 0.25) is 0 Å². The van der Waals surface area contributed by atoms with Crippen LogP contribution in [0.4, 0.5) is 4.39 Å². The van der Waals surface area contributed by atoms with Gasteiger partial charge in [-0.05, 0) is 16.8 Å². The fourth-order valence-corrected chi connectivity index (χ4v) is 2.35. The predicted molar refractivity (Wildman–Crippen MR) is 81.5 cm³/mol. The number of aliphatic carboxylic acids is 1. The highest BCUT2D eigenvalue weighted by molar-refractivity contribution is 7.80. The van der Waals surface area contributed by atoms with Gasteiger partial charge in [0.1, 0.15) is 11.9 Å². The van der Waals surface area contributed by atoms with E-state index in [-0.39, 0.29) is 17.9 Å². The summed E-state index contributed by atoms with van der Waals surface area (Å²) in [5, 5.41) is 12.7. The molecular weight excluding hydrogens is 293 g/mol. The van der Waals surface area contributed by atoms with Crippen LogP contribution in [-0.2, 0) is 4.79 Å². The molecule has 2 N–H and O–H groups in total. The van der Waals surface area contributed by atoms with Gasteiger partial charge in [-0.1, -0.05) is 30.3 Å². The Balaban J connectivity index is 2.27. The Morgan fingerprint density at radius 1 is 1.24 bits per heavy atom. The first-order valence-corrected chi connectivity index (χ1v) is 6.95. The molecule has 0 saturated heterocycles. The van der Waals surface area contributed by atoms with Gasteiger partial charge in [-0.25, -0.2) is 4.39 Å². The standard InChI is InChI=1S/C15H14FNO3S/c16-11-6-5-9-3-1-2-4-10(9)14(11)13(18)7-17-12(8-21)15(19)20/h1-6,12,17,21H,7-8H2,(H,19,20). The van der Waals surface area contributed by atoms with E-state index in [1.807, 2.05) is 0 Å². The molecule has 1 unspecified atom stereocenters. The molecule has 0 radical (unpaired) electrons. The maximum atomic E-state index is 14.0. The van der Waals surface area contributed by atoms with Crippen molar-refractivity contribution in [2.24, 2.45) is 0 Å². The third kappa shape index (κ3) is 3.40. The summed E-state index contributed by atoms with van der Waals surface area (Å²) >= 11 is 3.90. The molecule has 0 spiro atoms. The first-order valence-electron chi connectivity index (χ1n) is 6.32. The van der Waals surface area contributed by atoms with E-state index >= 15 is 0 Å². The molecule has 1 atom stereocenters. The van der Waals surface area contributed by atoms with Gasteiger partial charge in [-0.3, -0.25) is 14.9 Å². The van der Waals surface area contributed by atoms with Crippen molar-refractivity contribution in [3.8, 4) is 0 Å². The minimum Gasteiger partial charge on any atom is -0.480 e. The maximum absolute atomic E-state index is 14.0. The van der Waals surface area contributed by atoms with E-state index in [4.69, 9.17) is 5.11 Å². The zero-order valence-corrected chi connectivity index (χ0v) is 11.9. The van der Waals surface area contributed by atoms with Gasteiger partial charge in [-0.2, -0.15) is 12.6 Å². The fourth-order valence-electron chi connectivity index (χ4n) is 2.06. The molecule has 0 fully saturated rings. The lowest BCUT2D eigenvalue weighted by Gasteiger charge is -2.12. The van der Waals surface area contributed by atoms with Gasteiger partial charge in [0.15, 0.2) is 5.78 Å². The van der Waals surface area contributed by atoms with Gasteiger partial charge < -0.3 is 5.11 Å². The normalized spacial score (nSPS) is 12.3. The monoisotopic (exact) mass is 307 g/mol. The summed E-state index contributed by atoms with van der Waals surface area (Å²) in [6.07, 6.45) is 0. The highest BCUT2D eigenvalue weighted by Gasteiger charge is 2.19. The number of carboxylic acid groups (broad SMARTS) is 1. The van der Waals surface area contributed by atoms with Gasteiger partial charge in [0.05, 0.1) is 12.1 Å². The van der Waals surface area contributed by atoms with Crippen LogP contribution in [0.1, 0.15) is 10.4 Å². The molecule has 110 valence electrons. The highest BCUT2D eigenvalue weighted by Crippen LogP contribution is 2.21. The Kier molecular flexibility index (Phi) is 4.93. The van der Waals surface area contributed by atoms with E-state index in [0.29, 0.717) is 5.39 Å². The third-order valence-electron chi connectivity index (χ3n) is 3.15. The largest absolute Gasteiger partial charge is 0.480 e. The van der Waals surface area contributed by atoms with Crippen molar-refractivity contribution in [2.75, 3.05) is 12.3 Å². The van der Waals surface area contributed by atoms with Gasteiger partial charge in [-0.15, -0.1) is 0 Å². The minimum absolute atomic E-state index is 0.0242. The summed E-state index contributed by atoms with van der Waals surface area (Å²) in [6, 6.07) is 8.86. The maximum Gasteiger partial charge on any atom is 0.321 e. The molecule has 6 heteroatoms. The van der Waals surface area contributed by atoms with Gasteiger partial charge in [0, 0.05) is 5.75 Å². The van der Waals surface area contributed by atoms with Crippen LogP contribution < -0.4 is 5.32 Å². The Hall–Kier alpha value is -1.92. The fraction of sp³-hybridized carbons (Fsp3) is 0.200. The van der Waals surface area contributed by atoms with Crippen molar-refractivity contribution >= 4 is 35.2 Å². The second kappa shape index (κ2) is 6.69. The van der Waals surface area contributed by atoms with Crippen LogP contribution in [0.25, 0.3) is 10.8 Å². The Morgan fingerprint density at radius 3 is 2.62 bits per heavy atom. The highest BCUT2D eigenvalue weighted by atomic mass is 32.1. The van der Waals surface area contributed by atoms with Crippen molar-refractivity contribution in [3.05, 3.63) is 47.8 Å². The SMILES string of the molecule is O=C(CNC(CS)C(=O)O)c1c(F)ccc2ccccc12. The number of carbonyl (C=O) groups is 2. The number of ketones is 1. The van der Waals surface area contributed by atoms with Crippen LogP contribution in [0.15, 0.2) is 36.4 Å². The number of thiol groups is 1. The van der Waals surface area contributed by atoms with E-state index in [9.17, 15) is 14.0 Å². The number of carboxylic acids is 1. The number of hydrogen-bond donors (Lipinski definition) is 3. The van der Waals surface area contributed by atoms with E-state index in [2.05, 4.69) is 17.9 Å². The van der Waals surface area contributed by atoms with E-state index in [0.717, 1.165) is 5.39 Å². The molecule has 0 aromatic heterocycles.